The summed E-state index contributed by atoms with van der Waals surface area (Å²) in [4.78, 5) is 7.48. The number of fused-ring (bicyclic) bond motifs is 1. The number of aromatic amines is 1. The van der Waals surface area contributed by atoms with Crippen LogP contribution in [0.15, 0.2) is 18.3 Å². The Labute approximate surface area is 87.8 Å². The number of nitrogens with one attached hydrogen (secondary N) is 1. The molecule has 0 saturated carbocycles. The first kappa shape index (κ1) is 9.40. The van der Waals surface area contributed by atoms with Crippen LogP contribution in [0.1, 0.15) is 20.8 Å². The Kier molecular flexibility index (Phi) is 1.96. The molecule has 0 bridgehead atoms. The van der Waals surface area contributed by atoms with Gasteiger partial charge in [-0.25, -0.2) is 4.98 Å². The number of rotatable bonds is 0. The van der Waals surface area contributed by atoms with Gasteiger partial charge in [-0.2, -0.15) is 0 Å². The SMILES string of the molecule is CC(C)(C)n1c(=S)[nH]c2cccnc21. The number of nitrogens with zero attached hydrogens (tertiary/aromatic N) is 2. The van der Waals surface area contributed by atoms with E-state index in [2.05, 4.69) is 30.7 Å². The molecule has 4 heteroatoms. The fourth-order valence-corrected chi connectivity index (χ4v) is 2.03. The summed E-state index contributed by atoms with van der Waals surface area (Å²) >= 11 is 5.27. The normalized spacial score (nSPS) is 12.2. The number of pyridine rings is 1. The van der Waals surface area contributed by atoms with Gasteiger partial charge in [0.15, 0.2) is 10.4 Å². The molecule has 0 radical (unpaired) electrons. The van der Waals surface area contributed by atoms with E-state index in [0.717, 1.165) is 15.9 Å². The van der Waals surface area contributed by atoms with Gasteiger partial charge in [0.1, 0.15) is 0 Å². The van der Waals surface area contributed by atoms with Crippen LogP contribution in [-0.4, -0.2) is 14.5 Å². The Bertz CT molecular complexity index is 516. The standard InChI is InChI=1S/C10H13N3S/c1-10(2,3)13-8-7(12-9(13)14)5-4-6-11-8/h4-6H,1-3H3,(H,12,14). The van der Waals surface area contributed by atoms with Crippen molar-refractivity contribution in [1.82, 2.24) is 14.5 Å². The topological polar surface area (TPSA) is 33.6 Å². The zero-order valence-corrected chi connectivity index (χ0v) is 9.35. The molecule has 0 aliphatic carbocycles. The van der Waals surface area contributed by atoms with Crippen LogP contribution in [0.25, 0.3) is 11.2 Å². The second kappa shape index (κ2) is 2.92. The molecule has 0 amide bonds. The molecule has 2 heterocycles. The number of imidazole rings is 1. The Balaban J connectivity index is 2.88. The molecule has 0 aliphatic rings. The fourth-order valence-electron chi connectivity index (χ4n) is 1.56. The van der Waals surface area contributed by atoms with Crippen molar-refractivity contribution in [3.05, 3.63) is 23.1 Å². The predicted molar refractivity (Wildman–Crippen MR) is 59.9 cm³/mol. The van der Waals surface area contributed by atoms with Crippen molar-refractivity contribution < 1.29 is 0 Å². The molecule has 0 unspecified atom stereocenters. The minimum Gasteiger partial charge on any atom is -0.329 e. The largest absolute Gasteiger partial charge is 0.329 e. The molecule has 3 nitrogen and oxygen atoms in total. The van der Waals surface area contributed by atoms with Crippen LogP contribution in [-0.2, 0) is 5.54 Å². The zero-order chi connectivity index (χ0) is 10.3. The Morgan fingerprint density at radius 3 is 2.79 bits per heavy atom. The molecule has 1 N–H and O–H groups in total. The lowest BCUT2D eigenvalue weighted by molar-refractivity contribution is 0.401. The maximum absolute atomic E-state index is 5.27. The molecule has 0 fully saturated rings. The zero-order valence-electron chi connectivity index (χ0n) is 8.53. The average Bonchev–Trinajstić information content (AvgIpc) is 2.38. The first-order chi connectivity index (χ1) is 6.50. The van der Waals surface area contributed by atoms with Gasteiger partial charge in [0.2, 0.25) is 0 Å². The van der Waals surface area contributed by atoms with Crippen molar-refractivity contribution in [1.29, 1.82) is 0 Å². The van der Waals surface area contributed by atoms with Crippen molar-refractivity contribution in [2.24, 2.45) is 0 Å². The van der Waals surface area contributed by atoms with Crippen LogP contribution < -0.4 is 0 Å². The van der Waals surface area contributed by atoms with E-state index in [-0.39, 0.29) is 5.54 Å². The Hall–Kier alpha value is -1.16. The molecule has 0 spiro atoms. The summed E-state index contributed by atoms with van der Waals surface area (Å²) in [6.45, 7) is 6.35. The minimum absolute atomic E-state index is 0.0380. The van der Waals surface area contributed by atoms with E-state index in [1.807, 2.05) is 16.7 Å². The van der Waals surface area contributed by atoms with Gasteiger partial charge in [0.25, 0.3) is 0 Å². The van der Waals surface area contributed by atoms with Gasteiger partial charge in [0.05, 0.1) is 5.52 Å². The molecule has 2 aromatic rings. The monoisotopic (exact) mass is 207 g/mol. The lowest BCUT2D eigenvalue weighted by Gasteiger charge is -2.20. The van der Waals surface area contributed by atoms with Gasteiger partial charge < -0.3 is 4.98 Å². The van der Waals surface area contributed by atoms with Crippen molar-refractivity contribution in [2.45, 2.75) is 26.3 Å². The lowest BCUT2D eigenvalue weighted by Crippen LogP contribution is -2.22. The highest BCUT2D eigenvalue weighted by atomic mass is 32.1. The van der Waals surface area contributed by atoms with E-state index in [1.54, 1.807) is 6.20 Å². The second-order valence-electron chi connectivity index (χ2n) is 4.31. The summed E-state index contributed by atoms with van der Waals surface area (Å²) in [5, 5.41) is 0. The highest BCUT2D eigenvalue weighted by Crippen LogP contribution is 2.20. The summed E-state index contributed by atoms with van der Waals surface area (Å²) in [7, 11) is 0. The first-order valence-corrected chi connectivity index (χ1v) is 4.97. The summed E-state index contributed by atoms with van der Waals surface area (Å²) < 4.78 is 2.77. The van der Waals surface area contributed by atoms with Crippen molar-refractivity contribution in [3.63, 3.8) is 0 Å². The van der Waals surface area contributed by atoms with Crippen LogP contribution in [0.4, 0.5) is 0 Å². The van der Waals surface area contributed by atoms with Gasteiger partial charge in [0, 0.05) is 11.7 Å². The summed E-state index contributed by atoms with van der Waals surface area (Å²) in [6, 6.07) is 3.89. The van der Waals surface area contributed by atoms with Crippen LogP contribution >= 0.6 is 12.2 Å². The molecule has 0 aromatic carbocycles. The van der Waals surface area contributed by atoms with Crippen molar-refractivity contribution in [3.8, 4) is 0 Å². The smallest absolute Gasteiger partial charge is 0.179 e. The number of hydrogen-bond donors (Lipinski definition) is 1. The van der Waals surface area contributed by atoms with E-state index in [9.17, 15) is 0 Å². The van der Waals surface area contributed by atoms with Crippen LogP contribution in [0.5, 0.6) is 0 Å². The molecular weight excluding hydrogens is 194 g/mol. The highest BCUT2D eigenvalue weighted by molar-refractivity contribution is 7.71. The molecule has 0 aliphatic heterocycles. The first-order valence-electron chi connectivity index (χ1n) is 4.56. The van der Waals surface area contributed by atoms with Crippen LogP contribution in [0, 0.1) is 4.77 Å². The molecule has 2 aromatic heterocycles. The van der Waals surface area contributed by atoms with Crippen molar-refractivity contribution >= 4 is 23.4 Å². The quantitative estimate of drug-likeness (QED) is 0.674. The van der Waals surface area contributed by atoms with Gasteiger partial charge in [-0.1, -0.05) is 0 Å². The van der Waals surface area contributed by atoms with Crippen molar-refractivity contribution in [2.75, 3.05) is 0 Å². The highest BCUT2D eigenvalue weighted by Gasteiger charge is 2.17. The summed E-state index contributed by atoms with van der Waals surface area (Å²) in [5.74, 6) is 0. The number of H-pyrrole nitrogens is 1. The number of hydrogen-bond acceptors (Lipinski definition) is 2. The van der Waals surface area contributed by atoms with E-state index in [0.29, 0.717) is 0 Å². The molecule has 74 valence electrons. The second-order valence-corrected chi connectivity index (χ2v) is 4.70. The number of aromatic nitrogens is 3. The maximum Gasteiger partial charge on any atom is 0.179 e. The molecule has 0 atom stereocenters. The van der Waals surface area contributed by atoms with Gasteiger partial charge >= 0.3 is 0 Å². The maximum atomic E-state index is 5.27. The third-order valence-electron chi connectivity index (χ3n) is 2.11. The van der Waals surface area contributed by atoms with Gasteiger partial charge in [-0.3, -0.25) is 4.57 Å². The fraction of sp³-hybridized carbons (Fsp3) is 0.400. The third kappa shape index (κ3) is 1.35. The molecule has 14 heavy (non-hydrogen) atoms. The third-order valence-corrected chi connectivity index (χ3v) is 2.40. The van der Waals surface area contributed by atoms with Gasteiger partial charge in [-0.05, 0) is 45.1 Å². The van der Waals surface area contributed by atoms with Crippen LogP contribution in [0.2, 0.25) is 0 Å². The molecular formula is C10H13N3S. The predicted octanol–water partition coefficient (Wildman–Crippen LogP) is 2.85. The summed E-state index contributed by atoms with van der Waals surface area (Å²) in [5.41, 5.74) is 1.88. The average molecular weight is 207 g/mol. The Morgan fingerprint density at radius 2 is 2.14 bits per heavy atom. The van der Waals surface area contributed by atoms with E-state index >= 15 is 0 Å². The van der Waals surface area contributed by atoms with Gasteiger partial charge in [-0.15, -0.1) is 0 Å². The van der Waals surface area contributed by atoms with Crippen LogP contribution in [0.3, 0.4) is 0 Å². The van der Waals surface area contributed by atoms with E-state index in [1.165, 1.54) is 0 Å². The van der Waals surface area contributed by atoms with E-state index in [4.69, 9.17) is 12.2 Å². The summed E-state index contributed by atoms with van der Waals surface area (Å²) in [6.07, 6.45) is 1.78. The van der Waals surface area contributed by atoms with E-state index < -0.39 is 0 Å². The molecule has 0 saturated heterocycles. The Morgan fingerprint density at radius 1 is 1.43 bits per heavy atom. The molecule has 2 rings (SSSR count). The lowest BCUT2D eigenvalue weighted by atomic mass is 10.1. The minimum atomic E-state index is -0.0380.